The van der Waals surface area contributed by atoms with E-state index in [4.69, 9.17) is 0 Å². The zero-order valence-electron chi connectivity index (χ0n) is 9.36. The van der Waals surface area contributed by atoms with Gasteiger partial charge in [-0.15, -0.1) is 0 Å². The number of halogens is 1. The smallest absolute Gasteiger partial charge is 0.325 e. The first-order valence-corrected chi connectivity index (χ1v) is 5.85. The summed E-state index contributed by atoms with van der Waals surface area (Å²) >= 11 is 3.25. The van der Waals surface area contributed by atoms with Crippen LogP contribution in [-0.4, -0.2) is 17.7 Å². The summed E-state index contributed by atoms with van der Waals surface area (Å²) in [7, 11) is 0. The van der Waals surface area contributed by atoms with Crippen molar-refractivity contribution < 1.29 is 14.4 Å². The molecule has 92 valence electrons. The van der Waals surface area contributed by atoms with Crippen molar-refractivity contribution in [3.05, 3.63) is 27.3 Å². The number of anilines is 1. The summed E-state index contributed by atoms with van der Waals surface area (Å²) < 4.78 is 0.576. The maximum Gasteiger partial charge on any atom is 0.368 e. The van der Waals surface area contributed by atoms with Crippen LogP contribution < -0.4 is 16.0 Å². The van der Waals surface area contributed by atoms with E-state index in [9.17, 15) is 14.4 Å². The summed E-state index contributed by atoms with van der Waals surface area (Å²) in [5.41, 5.74) is 0.452. The Morgan fingerprint density at radius 3 is 2.50 bits per heavy atom. The van der Waals surface area contributed by atoms with Gasteiger partial charge in [-0.1, -0.05) is 0 Å². The van der Waals surface area contributed by atoms with Crippen molar-refractivity contribution in [3.8, 4) is 0 Å². The minimum Gasteiger partial charge on any atom is -0.325 e. The number of nitrogens with one attached hydrogen (secondary N) is 1. The van der Waals surface area contributed by atoms with Crippen molar-refractivity contribution in [1.29, 1.82) is 0 Å². The lowest BCUT2D eigenvalue weighted by molar-refractivity contribution is -0.124. The first-order valence-electron chi connectivity index (χ1n) is 5.06. The van der Waals surface area contributed by atoms with Crippen LogP contribution in [0.3, 0.4) is 0 Å². The number of benzene rings is 1. The van der Waals surface area contributed by atoms with Gasteiger partial charge in [0.05, 0.1) is 22.8 Å². The van der Waals surface area contributed by atoms with Gasteiger partial charge in [-0.3, -0.25) is 9.59 Å². The van der Waals surface area contributed by atoms with Crippen LogP contribution in [0.2, 0.25) is 0 Å². The van der Waals surface area contributed by atoms with Crippen molar-refractivity contribution in [2.75, 3.05) is 5.32 Å². The molecule has 0 saturated carbocycles. The van der Waals surface area contributed by atoms with Crippen molar-refractivity contribution >= 4 is 39.3 Å². The van der Waals surface area contributed by atoms with Gasteiger partial charge in [0.2, 0.25) is 5.91 Å². The second-order valence-corrected chi connectivity index (χ2v) is 4.61. The Hall–Kier alpha value is -1.89. The molecule has 1 aromatic carbocycles. The van der Waals surface area contributed by atoms with Gasteiger partial charge in [0, 0.05) is 4.47 Å². The number of ketones is 1. The first kappa shape index (κ1) is 12.6. The van der Waals surface area contributed by atoms with E-state index in [2.05, 4.69) is 31.2 Å². The number of hydrogen-bond acceptors (Lipinski definition) is 3. The fraction of sp³-hybridized carbons (Fsp3) is 0.182. The molecule has 0 bridgehead atoms. The van der Waals surface area contributed by atoms with Crippen LogP contribution in [0.25, 0.3) is 0 Å². The largest absolute Gasteiger partial charge is 0.368 e. The molecule has 0 radical (unpaired) electrons. The van der Waals surface area contributed by atoms with E-state index >= 15 is 0 Å². The molecule has 0 spiro atoms. The summed E-state index contributed by atoms with van der Waals surface area (Å²) in [6, 6.07) is 2.56. The summed E-state index contributed by atoms with van der Waals surface area (Å²) in [5, 5.41) is 3.43. The van der Waals surface area contributed by atoms with Crippen LogP contribution in [0.4, 0.5) is 10.5 Å². The fourth-order valence-corrected chi connectivity index (χ4v) is 1.91. The molecule has 1 aliphatic heterocycles. The van der Waals surface area contributed by atoms with Crippen LogP contribution in [-0.2, 0) is 9.59 Å². The van der Waals surface area contributed by atoms with E-state index in [1.54, 1.807) is 6.07 Å². The molecular formula is C11H8BrN3O3. The maximum absolute atomic E-state index is 11.5. The molecular weight excluding hydrogens is 302 g/mol. The SMILES string of the molecule is CC(=O)CC(=O)Nc1cc2c(cc1Br)=NC(=O)N=2. The quantitative estimate of drug-likeness (QED) is 0.835. The zero-order chi connectivity index (χ0) is 13.3. The number of urea groups is 1. The molecule has 1 aliphatic rings. The van der Waals surface area contributed by atoms with Crippen molar-refractivity contribution in [1.82, 2.24) is 0 Å². The molecule has 1 heterocycles. The van der Waals surface area contributed by atoms with Crippen LogP contribution in [0.15, 0.2) is 26.6 Å². The topological polar surface area (TPSA) is 88.0 Å². The summed E-state index contributed by atoms with van der Waals surface area (Å²) in [6.45, 7) is 1.34. The number of carbonyl (C=O) groups is 3. The second-order valence-electron chi connectivity index (χ2n) is 3.75. The highest BCUT2D eigenvalue weighted by atomic mass is 79.9. The Morgan fingerprint density at radius 1 is 1.28 bits per heavy atom. The molecule has 3 amide bonds. The Kier molecular flexibility index (Phi) is 3.33. The number of amides is 3. The molecule has 1 aromatic rings. The Bertz CT molecular complexity index is 682. The highest BCUT2D eigenvalue weighted by Gasteiger charge is 2.11. The Morgan fingerprint density at radius 2 is 1.89 bits per heavy atom. The molecule has 6 nitrogen and oxygen atoms in total. The van der Waals surface area contributed by atoms with E-state index in [0.29, 0.717) is 20.9 Å². The molecule has 0 aliphatic carbocycles. The minimum absolute atomic E-state index is 0.191. The summed E-state index contributed by atoms with van der Waals surface area (Å²) in [6.07, 6.45) is -0.191. The van der Waals surface area contributed by atoms with Crippen LogP contribution >= 0.6 is 15.9 Å². The molecule has 7 heteroatoms. The molecule has 0 saturated heterocycles. The van der Waals surface area contributed by atoms with Gasteiger partial charge in [-0.05, 0) is 35.0 Å². The second kappa shape index (κ2) is 4.77. The van der Waals surface area contributed by atoms with Gasteiger partial charge < -0.3 is 5.32 Å². The van der Waals surface area contributed by atoms with Crippen LogP contribution in [0, 0.1) is 0 Å². The number of hydrogen-bond donors (Lipinski definition) is 1. The van der Waals surface area contributed by atoms with Crippen molar-refractivity contribution in [2.45, 2.75) is 13.3 Å². The van der Waals surface area contributed by atoms with Crippen molar-refractivity contribution in [3.63, 3.8) is 0 Å². The molecule has 0 aromatic heterocycles. The van der Waals surface area contributed by atoms with Gasteiger partial charge in [-0.25, -0.2) is 4.79 Å². The number of rotatable bonds is 3. The average Bonchev–Trinajstić information content (AvgIpc) is 2.56. The lowest BCUT2D eigenvalue weighted by Crippen LogP contribution is -2.24. The molecule has 0 atom stereocenters. The highest BCUT2D eigenvalue weighted by molar-refractivity contribution is 9.10. The molecule has 0 fully saturated rings. The first-order chi connectivity index (χ1) is 8.45. The van der Waals surface area contributed by atoms with E-state index in [-0.39, 0.29) is 12.2 Å². The monoisotopic (exact) mass is 309 g/mol. The third-order valence-electron chi connectivity index (χ3n) is 2.18. The minimum atomic E-state index is -0.566. The predicted octanol–water partition coefficient (Wildman–Crippen LogP) is 0.739. The van der Waals surface area contributed by atoms with Gasteiger partial charge in [0.25, 0.3) is 0 Å². The summed E-state index contributed by atoms with van der Waals surface area (Å²) in [5.74, 6) is -0.635. The number of nitrogens with zero attached hydrogens (tertiary/aromatic N) is 2. The van der Waals surface area contributed by atoms with E-state index < -0.39 is 11.9 Å². The Labute approximate surface area is 110 Å². The highest BCUT2D eigenvalue weighted by Crippen LogP contribution is 2.18. The molecule has 1 N–H and O–H groups in total. The van der Waals surface area contributed by atoms with Gasteiger partial charge in [-0.2, -0.15) is 9.98 Å². The number of carbonyl (C=O) groups excluding carboxylic acids is 3. The number of fused-ring (bicyclic) bond motifs is 1. The van der Waals surface area contributed by atoms with Crippen molar-refractivity contribution in [2.24, 2.45) is 9.98 Å². The molecule has 2 rings (SSSR count). The third-order valence-corrected chi connectivity index (χ3v) is 2.84. The van der Waals surface area contributed by atoms with E-state index in [1.165, 1.54) is 13.0 Å². The standard InChI is InChI=1S/C11H8BrN3O3/c1-5(16)2-10(17)13-7-4-9-8(3-6(7)12)14-11(18)15-9/h3-4H,2H2,1H3,(H,13,17). The fourth-order valence-electron chi connectivity index (χ4n) is 1.48. The third kappa shape index (κ3) is 2.67. The maximum atomic E-state index is 11.5. The molecule has 0 unspecified atom stereocenters. The van der Waals surface area contributed by atoms with Crippen LogP contribution in [0.1, 0.15) is 13.3 Å². The van der Waals surface area contributed by atoms with Gasteiger partial charge in [0.1, 0.15) is 5.78 Å². The Balaban J connectivity index is 2.32. The molecule has 18 heavy (non-hydrogen) atoms. The van der Waals surface area contributed by atoms with Gasteiger partial charge in [0.15, 0.2) is 0 Å². The van der Waals surface area contributed by atoms with Crippen LogP contribution in [0.5, 0.6) is 0 Å². The van der Waals surface area contributed by atoms with E-state index in [0.717, 1.165) is 0 Å². The van der Waals surface area contributed by atoms with E-state index in [1.807, 2.05) is 0 Å². The zero-order valence-corrected chi connectivity index (χ0v) is 10.9. The lowest BCUT2D eigenvalue weighted by Gasteiger charge is -2.05. The normalized spacial score (nSPS) is 12.4. The van der Waals surface area contributed by atoms with Gasteiger partial charge >= 0.3 is 6.03 Å². The average molecular weight is 310 g/mol. The number of Topliss-reactive ketones (excluding diaryl/α,β-unsaturated/α-hetero) is 1. The lowest BCUT2D eigenvalue weighted by atomic mass is 10.2. The summed E-state index contributed by atoms with van der Waals surface area (Å²) in [4.78, 5) is 40.6. The predicted molar refractivity (Wildman–Crippen MR) is 65.8 cm³/mol.